The molecule has 0 saturated heterocycles. The fraction of sp³-hybridized carbons (Fsp3) is 0.190. The molecule has 0 atom stereocenters. The fourth-order valence-corrected chi connectivity index (χ4v) is 2.70. The molecule has 1 heterocycles. The van der Waals surface area contributed by atoms with Crippen LogP contribution in [0.5, 0.6) is 0 Å². The van der Waals surface area contributed by atoms with Gasteiger partial charge in [-0.15, -0.1) is 0 Å². The number of carbonyl (C=O) groups excluding carboxylic acids is 1. The molecule has 3 nitrogen and oxygen atoms in total. The third-order valence-corrected chi connectivity index (χ3v) is 4.12. The minimum Gasteiger partial charge on any atom is -0.467 e. The summed E-state index contributed by atoms with van der Waals surface area (Å²) in [7, 11) is 0. The van der Waals surface area contributed by atoms with Crippen LogP contribution in [0, 0.1) is 5.82 Å². The molecule has 1 amide bonds. The molecule has 3 rings (SSSR count). The van der Waals surface area contributed by atoms with Gasteiger partial charge in [-0.3, -0.25) is 4.79 Å². The number of hydrogen-bond acceptors (Lipinski definition) is 2. The second-order valence-electron chi connectivity index (χ2n) is 5.89. The molecule has 2 aromatic carbocycles. The Morgan fingerprint density at radius 2 is 1.68 bits per heavy atom. The lowest BCUT2D eigenvalue weighted by Gasteiger charge is -2.22. The summed E-state index contributed by atoms with van der Waals surface area (Å²) in [5.74, 6) is -0.206. The van der Waals surface area contributed by atoms with Crippen LogP contribution in [0.2, 0.25) is 0 Å². The lowest BCUT2D eigenvalue weighted by molar-refractivity contribution is 0.0713. The van der Waals surface area contributed by atoms with E-state index in [-0.39, 0.29) is 18.0 Å². The Morgan fingerprint density at radius 3 is 2.32 bits per heavy atom. The Balaban J connectivity index is 1.86. The van der Waals surface area contributed by atoms with Crippen molar-refractivity contribution < 1.29 is 13.6 Å². The van der Waals surface area contributed by atoms with Crippen molar-refractivity contribution >= 4 is 5.91 Å². The van der Waals surface area contributed by atoms with Gasteiger partial charge in [-0.1, -0.05) is 43.3 Å². The summed E-state index contributed by atoms with van der Waals surface area (Å²) in [6.07, 6.45) is 2.53. The molecule has 0 unspecified atom stereocenters. The maximum absolute atomic E-state index is 14.0. The summed E-state index contributed by atoms with van der Waals surface area (Å²) in [6, 6.07) is 17.7. The number of halogens is 1. The Morgan fingerprint density at radius 1 is 0.960 bits per heavy atom. The van der Waals surface area contributed by atoms with Gasteiger partial charge in [-0.25, -0.2) is 4.39 Å². The van der Waals surface area contributed by atoms with Crippen LogP contribution in [0.4, 0.5) is 4.39 Å². The summed E-state index contributed by atoms with van der Waals surface area (Å²) < 4.78 is 19.4. The first kappa shape index (κ1) is 17.0. The standard InChI is InChI=1S/C21H20FNO2/c1-2-16-9-11-17(12-10-16)14-23(15-18-6-5-13-25-18)21(24)19-7-3-4-8-20(19)22/h3-13H,2,14-15H2,1H3. The highest BCUT2D eigenvalue weighted by Crippen LogP contribution is 2.17. The summed E-state index contributed by atoms with van der Waals surface area (Å²) >= 11 is 0. The monoisotopic (exact) mass is 337 g/mol. The van der Waals surface area contributed by atoms with E-state index in [1.54, 1.807) is 29.4 Å². The molecular weight excluding hydrogens is 317 g/mol. The summed E-state index contributed by atoms with van der Waals surface area (Å²) in [6.45, 7) is 2.77. The van der Waals surface area contributed by atoms with E-state index < -0.39 is 5.82 Å². The van der Waals surface area contributed by atoms with Crippen LogP contribution in [-0.4, -0.2) is 10.8 Å². The molecule has 0 bridgehead atoms. The maximum atomic E-state index is 14.0. The van der Waals surface area contributed by atoms with Crippen molar-refractivity contribution in [3.8, 4) is 0 Å². The number of benzene rings is 2. The van der Waals surface area contributed by atoms with Crippen molar-refractivity contribution in [1.29, 1.82) is 0 Å². The van der Waals surface area contributed by atoms with E-state index in [9.17, 15) is 9.18 Å². The summed E-state index contributed by atoms with van der Waals surface area (Å²) in [5.41, 5.74) is 2.30. The molecule has 0 saturated carbocycles. The van der Waals surface area contributed by atoms with E-state index in [2.05, 4.69) is 6.92 Å². The second kappa shape index (κ2) is 7.79. The van der Waals surface area contributed by atoms with E-state index in [1.807, 2.05) is 30.3 Å². The second-order valence-corrected chi connectivity index (χ2v) is 5.89. The zero-order valence-corrected chi connectivity index (χ0v) is 14.1. The Bertz CT molecular complexity index is 825. The Labute approximate surface area is 146 Å². The molecule has 0 radical (unpaired) electrons. The molecule has 0 N–H and O–H groups in total. The maximum Gasteiger partial charge on any atom is 0.257 e. The van der Waals surface area contributed by atoms with Crippen molar-refractivity contribution in [2.75, 3.05) is 0 Å². The third-order valence-electron chi connectivity index (χ3n) is 4.12. The van der Waals surface area contributed by atoms with E-state index in [0.29, 0.717) is 12.3 Å². The number of nitrogens with zero attached hydrogens (tertiary/aromatic N) is 1. The molecular formula is C21H20FNO2. The van der Waals surface area contributed by atoms with Crippen LogP contribution >= 0.6 is 0 Å². The van der Waals surface area contributed by atoms with Crippen molar-refractivity contribution in [3.63, 3.8) is 0 Å². The molecule has 0 fully saturated rings. The van der Waals surface area contributed by atoms with Gasteiger partial charge in [0.05, 0.1) is 18.4 Å². The molecule has 3 aromatic rings. The van der Waals surface area contributed by atoms with Gasteiger partial charge in [0.15, 0.2) is 0 Å². The summed E-state index contributed by atoms with van der Waals surface area (Å²) in [4.78, 5) is 14.5. The average Bonchev–Trinajstić information content (AvgIpc) is 3.15. The first-order chi connectivity index (χ1) is 12.2. The minimum absolute atomic E-state index is 0.0687. The predicted octanol–water partition coefficient (Wildman–Crippen LogP) is 4.82. The van der Waals surface area contributed by atoms with Gasteiger partial charge in [0.25, 0.3) is 5.91 Å². The van der Waals surface area contributed by atoms with Crippen molar-refractivity contribution in [2.24, 2.45) is 0 Å². The van der Waals surface area contributed by atoms with E-state index >= 15 is 0 Å². The molecule has 4 heteroatoms. The quantitative estimate of drug-likeness (QED) is 0.646. The van der Waals surface area contributed by atoms with E-state index in [1.165, 1.54) is 17.7 Å². The van der Waals surface area contributed by atoms with Gasteiger partial charge in [0, 0.05) is 6.54 Å². The minimum atomic E-state index is -0.515. The number of hydrogen-bond donors (Lipinski definition) is 0. The lowest BCUT2D eigenvalue weighted by atomic mass is 10.1. The van der Waals surface area contributed by atoms with E-state index in [0.717, 1.165) is 12.0 Å². The number of amides is 1. The number of furan rings is 1. The predicted molar refractivity (Wildman–Crippen MR) is 94.5 cm³/mol. The first-order valence-corrected chi connectivity index (χ1v) is 8.31. The molecule has 25 heavy (non-hydrogen) atoms. The average molecular weight is 337 g/mol. The van der Waals surface area contributed by atoms with Gasteiger partial charge < -0.3 is 9.32 Å². The highest BCUT2D eigenvalue weighted by atomic mass is 19.1. The topological polar surface area (TPSA) is 33.5 Å². The van der Waals surface area contributed by atoms with E-state index in [4.69, 9.17) is 4.42 Å². The van der Waals surface area contributed by atoms with Crippen LogP contribution in [0.15, 0.2) is 71.3 Å². The van der Waals surface area contributed by atoms with Crippen LogP contribution in [-0.2, 0) is 19.5 Å². The summed E-state index contributed by atoms with van der Waals surface area (Å²) in [5, 5.41) is 0. The number of carbonyl (C=O) groups is 1. The molecule has 0 aliphatic heterocycles. The van der Waals surface area contributed by atoms with Crippen molar-refractivity contribution in [3.05, 3.63) is 95.2 Å². The zero-order valence-electron chi connectivity index (χ0n) is 14.1. The van der Waals surface area contributed by atoms with Gasteiger partial charge >= 0.3 is 0 Å². The lowest BCUT2D eigenvalue weighted by Crippen LogP contribution is -2.30. The molecule has 0 aliphatic rings. The SMILES string of the molecule is CCc1ccc(CN(Cc2ccco2)C(=O)c2ccccc2F)cc1. The molecule has 1 aromatic heterocycles. The van der Waals surface area contributed by atoms with Gasteiger partial charge in [0.2, 0.25) is 0 Å². The smallest absolute Gasteiger partial charge is 0.257 e. The molecule has 0 aliphatic carbocycles. The zero-order chi connectivity index (χ0) is 17.6. The van der Waals surface area contributed by atoms with Gasteiger partial charge in [0.1, 0.15) is 11.6 Å². The number of aryl methyl sites for hydroxylation is 1. The van der Waals surface area contributed by atoms with Crippen LogP contribution in [0.3, 0.4) is 0 Å². The van der Waals surface area contributed by atoms with Crippen LogP contribution in [0.25, 0.3) is 0 Å². The highest BCUT2D eigenvalue weighted by molar-refractivity contribution is 5.94. The highest BCUT2D eigenvalue weighted by Gasteiger charge is 2.20. The Hall–Kier alpha value is -2.88. The molecule has 0 spiro atoms. The van der Waals surface area contributed by atoms with Gasteiger partial charge in [-0.2, -0.15) is 0 Å². The van der Waals surface area contributed by atoms with Crippen LogP contribution < -0.4 is 0 Å². The first-order valence-electron chi connectivity index (χ1n) is 8.31. The largest absolute Gasteiger partial charge is 0.467 e. The van der Waals surface area contributed by atoms with Crippen LogP contribution in [0.1, 0.15) is 34.2 Å². The van der Waals surface area contributed by atoms with Crippen molar-refractivity contribution in [1.82, 2.24) is 4.90 Å². The van der Waals surface area contributed by atoms with Crippen molar-refractivity contribution in [2.45, 2.75) is 26.4 Å². The Kier molecular flexibility index (Phi) is 5.29. The molecule has 128 valence electrons. The fourth-order valence-electron chi connectivity index (χ4n) is 2.70. The normalized spacial score (nSPS) is 10.6. The van der Waals surface area contributed by atoms with Gasteiger partial charge in [-0.05, 0) is 41.8 Å². The number of rotatable bonds is 6. The third kappa shape index (κ3) is 4.15.